The zero-order valence-electron chi connectivity index (χ0n) is 12.6. The molecule has 0 aliphatic rings. The van der Waals surface area contributed by atoms with E-state index in [2.05, 4.69) is 42.4 Å². The molecule has 0 saturated carbocycles. The Balaban J connectivity index is 2.16. The first-order valence-corrected chi connectivity index (χ1v) is 8.41. The van der Waals surface area contributed by atoms with Crippen molar-refractivity contribution in [1.29, 1.82) is 0 Å². The van der Waals surface area contributed by atoms with Crippen LogP contribution in [0.4, 0.5) is 0 Å². The van der Waals surface area contributed by atoms with Gasteiger partial charge in [-0.15, -0.1) is 0 Å². The number of aliphatic carboxylic acids is 1. The van der Waals surface area contributed by atoms with Gasteiger partial charge in [-0.3, -0.25) is 4.79 Å². The molecule has 0 aromatic heterocycles. The maximum Gasteiger partial charge on any atom is 0.341 e. The van der Waals surface area contributed by atoms with Crippen LogP contribution in [0.1, 0.15) is 15.9 Å². The summed E-state index contributed by atoms with van der Waals surface area (Å²) in [7, 11) is 0. The van der Waals surface area contributed by atoms with Gasteiger partial charge in [0.15, 0.2) is 6.61 Å². The van der Waals surface area contributed by atoms with Crippen molar-refractivity contribution in [3.8, 4) is 11.5 Å². The molecule has 1 amide bonds. The van der Waals surface area contributed by atoms with Crippen molar-refractivity contribution in [2.45, 2.75) is 0 Å². The molecule has 0 bridgehead atoms. The van der Waals surface area contributed by atoms with Crippen LogP contribution in [0.2, 0.25) is 0 Å². The second kappa shape index (κ2) is 8.63. The number of halogens is 2. The molecule has 0 spiro atoms. The Morgan fingerprint density at radius 2 is 2.00 bits per heavy atom. The van der Waals surface area contributed by atoms with Crippen LogP contribution in [0.15, 0.2) is 50.4 Å². The van der Waals surface area contributed by atoms with E-state index in [0.717, 1.165) is 0 Å². The third-order valence-corrected chi connectivity index (χ3v) is 3.90. The molecule has 2 aromatic carbocycles. The highest BCUT2D eigenvalue weighted by molar-refractivity contribution is 9.11. The van der Waals surface area contributed by atoms with Crippen LogP contribution in [-0.4, -0.2) is 34.9 Å². The minimum absolute atomic E-state index is 0.0306. The number of carboxylic acid groups (broad SMARTS) is 1. The Hall–Kier alpha value is -2.39. The van der Waals surface area contributed by atoms with Gasteiger partial charge in [0.2, 0.25) is 0 Å². The monoisotopic (exact) mass is 470 g/mol. The number of phenolic OH excluding ortho intramolecular Hbond substituents is 1. The molecule has 9 heteroatoms. The van der Waals surface area contributed by atoms with Crippen molar-refractivity contribution >= 4 is 50.0 Å². The van der Waals surface area contributed by atoms with Crippen molar-refractivity contribution in [3.05, 3.63) is 56.5 Å². The van der Waals surface area contributed by atoms with Gasteiger partial charge in [0.05, 0.1) is 10.7 Å². The number of benzene rings is 2. The molecule has 0 heterocycles. The number of carbonyl (C=O) groups is 2. The summed E-state index contributed by atoms with van der Waals surface area (Å²) in [6.07, 6.45) is 1.33. The highest BCUT2D eigenvalue weighted by atomic mass is 79.9. The van der Waals surface area contributed by atoms with Gasteiger partial charge in [-0.1, -0.05) is 22.0 Å². The third kappa shape index (κ3) is 5.57. The van der Waals surface area contributed by atoms with Crippen molar-refractivity contribution in [3.63, 3.8) is 0 Å². The van der Waals surface area contributed by atoms with Crippen LogP contribution in [0, 0.1) is 0 Å². The largest absolute Gasteiger partial charge is 0.508 e. The Kier molecular flexibility index (Phi) is 6.54. The number of ether oxygens (including phenoxy) is 1. The van der Waals surface area contributed by atoms with E-state index in [9.17, 15) is 14.7 Å². The zero-order chi connectivity index (χ0) is 18.4. The zero-order valence-corrected chi connectivity index (χ0v) is 15.7. The number of carbonyl (C=O) groups excluding carboxylic acids is 1. The van der Waals surface area contributed by atoms with E-state index >= 15 is 0 Å². The van der Waals surface area contributed by atoms with Gasteiger partial charge >= 0.3 is 5.97 Å². The Morgan fingerprint density at radius 3 is 2.68 bits per heavy atom. The molecule has 3 N–H and O–H groups in total. The summed E-state index contributed by atoms with van der Waals surface area (Å²) in [5, 5.41) is 22.0. The molecule has 0 aliphatic heterocycles. The van der Waals surface area contributed by atoms with Crippen molar-refractivity contribution in [2.75, 3.05) is 6.61 Å². The molecule has 0 aliphatic carbocycles. The lowest BCUT2D eigenvalue weighted by Gasteiger charge is -2.10. The van der Waals surface area contributed by atoms with Gasteiger partial charge in [-0.2, -0.15) is 5.10 Å². The minimum atomic E-state index is -1.12. The maximum absolute atomic E-state index is 12.0. The number of hydrazone groups is 1. The Labute approximate surface area is 159 Å². The van der Waals surface area contributed by atoms with Crippen LogP contribution >= 0.6 is 31.9 Å². The standard InChI is InChI=1S/C16H12Br2N2O5/c17-11-4-10(15(13(18)6-11)25-8-14(22)23)7-19-20-16(24)9-2-1-3-12(21)5-9/h1-7,21H,8H2,(H,20,24)(H,22,23)/b19-7-. The van der Waals surface area contributed by atoms with Crippen LogP contribution in [0.5, 0.6) is 11.5 Å². The molecular formula is C16H12Br2N2O5. The Morgan fingerprint density at radius 1 is 1.24 bits per heavy atom. The van der Waals surface area contributed by atoms with Crippen molar-refractivity contribution < 1.29 is 24.5 Å². The number of phenols is 1. The smallest absolute Gasteiger partial charge is 0.341 e. The summed E-state index contributed by atoms with van der Waals surface area (Å²) in [5.74, 6) is -1.37. The number of hydrogen-bond donors (Lipinski definition) is 3. The predicted molar refractivity (Wildman–Crippen MR) is 98.1 cm³/mol. The Bertz CT molecular complexity index is 839. The molecule has 2 rings (SSSR count). The second-order valence-corrected chi connectivity index (χ2v) is 6.51. The number of amides is 1. The third-order valence-electron chi connectivity index (χ3n) is 2.86. The molecule has 130 valence electrons. The average molecular weight is 472 g/mol. The highest BCUT2D eigenvalue weighted by Crippen LogP contribution is 2.32. The SMILES string of the molecule is O=C(O)COc1c(Br)cc(Br)cc1/C=N\NC(=O)c1cccc(O)c1. The topological polar surface area (TPSA) is 108 Å². The molecule has 0 fully saturated rings. The molecule has 0 radical (unpaired) electrons. The van der Waals surface area contributed by atoms with Crippen molar-refractivity contribution in [2.24, 2.45) is 5.10 Å². The molecule has 25 heavy (non-hydrogen) atoms. The van der Waals surface area contributed by atoms with Crippen LogP contribution in [0.25, 0.3) is 0 Å². The summed E-state index contributed by atoms with van der Waals surface area (Å²) >= 11 is 6.60. The summed E-state index contributed by atoms with van der Waals surface area (Å²) < 4.78 is 6.48. The van der Waals surface area contributed by atoms with E-state index < -0.39 is 18.5 Å². The fourth-order valence-electron chi connectivity index (χ4n) is 1.83. The van der Waals surface area contributed by atoms with Gasteiger partial charge in [0, 0.05) is 15.6 Å². The van der Waals surface area contributed by atoms with E-state index in [4.69, 9.17) is 9.84 Å². The fourth-order valence-corrected chi connectivity index (χ4v) is 3.21. The normalized spacial score (nSPS) is 10.6. The van der Waals surface area contributed by atoms with E-state index in [1.54, 1.807) is 12.1 Å². The lowest BCUT2D eigenvalue weighted by Crippen LogP contribution is -2.17. The average Bonchev–Trinajstić information content (AvgIpc) is 2.53. The van der Waals surface area contributed by atoms with Gasteiger partial charge in [0.25, 0.3) is 5.91 Å². The highest BCUT2D eigenvalue weighted by Gasteiger charge is 2.11. The lowest BCUT2D eigenvalue weighted by molar-refractivity contribution is -0.139. The van der Waals surface area contributed by atoms with Gasteiger partial charge < -0.3 is 14.9 Å². The van der Waals surface area contributed by atoms with E-state index in [1.165, 1.54) is 30.5 Å². The molecule has 0 atom stereocenters. The number of aromatic hydroxyl groups is 1. The number of hydrogen-bond acceptors (Lipinski definition) is 5. The van der Waals surface area contributed by atoms with E-state index in [0.29, 0.717) is 14.5 Å². The first kappa shape index (κ1) is 18.9. The van der Waals surface area contributed by atoms with Gasteiger partial charge in [-0.05, 0) is 46.3 Å². The minimum Gasteiger partial charge on any atom is -0.508 e. The molecule has 0 saturated heterocycles. The summed E-state index contributed by atoms with van der Waals surface area (Å²) in [6.45, 7) is -0.517. The van der Waals surface area contributed by atoms with Crippen LogP contribution in [-0.2, 0) is 4.79 Å². The first-order chi connectivity index (χ1) is 11.9. The number of nitrogens with zero attached hydrogens (tertiary/aromatic N) is 1. The summed E-state index contributed by atoms with van der Waals surface area (Å²) in [4.78, 5) is 22.6. The maximum atomic E-state index is 12.0. The van der Waals surface area contributed by atoms with Crippen LogP contribution < -0.4 is 10.2 Å². The molecule has 0 unspecified atom stereocenters. The van der Waals surface area contributed by atoms with Gasteiger partial charge in [-0.25, -0.2) is 10.2 Å². The van der Waals surface area contributed by atoms with E-state index in [1.807, 2.05) is 0 Å². The first-order valence-electron chi connectivity index (χ1n) is 6.83. The lowest BCUT2D eigenvalue weighted by atomic mass is 10.2. The van der Waals surface area contributed by atoms with Gasteiger partial charge in [0.1, 0.15) is 11.5 Å². The van der Waals surface area contributed by atoms with E-state index in [-0.39, 0.29) is 17.1 Å². The predicted octanol–water partition coefficient (Wildman–Crippen LogP) is 3.14. The molecule has 2 aromatic rings. The summed E-state index contributed by atoms with van der Waals surface area (Å²) in [6, 6.07) is 9.18. The van der Waals surface area contributed by atoms with Crippen molar-refractivity contribution in [1.82, 2.24) is 5.43 Å². The van der Waals surface area contributed by atoms with Crippen LogP contribution in [0.3, 0.4) is 0 Å². The molecule has 7 nitrogen and oxygen atoms in total. The number of rotatable bonds is 6. The molecular weight excluding hydrogens is 460 g/mol. The quantitative estimate of drug-likeness (QED) is 0.443. The summed E-state index contributed by atoms with van der Waals surface area (Å²) in [5.41, 5.74) is 3.03. The number of carboxylic acids is 1. The number of nitrogens with one attached hydrogen (secondary N) is 1. The second-order valence-electron chi connectivity index (χ2n) is 4.74. The fraction of sp³-hybridized carbons (Fsp3) is 0.0625.